The second-order valence-electron chi connectivity index (χ2n) is 6.88. The Morgan fingerprint density at radius 2 is 1.39 bits per heavy atom. The molecule has 1 aliphatic heterocycles. The minimum atomic E-state index is 0.486. The molecule has 0 amide bonds. The predicted molar refractivity (Wildman–Crippen MR) is 96.0 cm³/mol. The van der Waals surface area contributed by atoms with Crippen LogP contribution in [0.1, 0.15) is 41.0 Å². The van der Waals surface area contributed by atoms with Gasteiger partial charge in [0.2, 0.25) is 0 Å². The maximum atomic E-state index is 3.86. The number of piperidine rings is 1. The second-order valence-corrected chi connectivity index (χ2v) is 6.88. The lowest BCUT2D eigenvalue weighted by molar-refractivity contribution is 0.383. The first-order valence-corrected chi connectivity index (χ1v) is 9.01. The van der Waals surface area contributed by atoms with Crippen molar-refractivity contribution < 1.29 is 0 Å². The maximum absolute atomic E-state index is 3.86. The van der Waals surface area contributed by atoms with Gasteiger partial charge in [-0.1, -0.05) is 48.5 Å². The first-order chi connectivity index (χ1) is 11.4. The molecule has 2 N–H and O–H groups in total. The fraction of sp³-hybridized carbons (Fsp3) is 0.429. The van der Waals surface area contributed by atoms with Crippen LogP contribution in [0.4, 0.5) is 0 Å². The molecule has 2 aromatic rings. The summed E-state index contributed by atoms with van der Waals surface area (Å²) >= 11 is 0. The van der Waals surface area contributed by atoms with Gasteiger partial charge in [-0.2, -0.15) is 0 Å². The number of hydrogen-bond donors (Lipinski definition) is 2. The Kier molecular flexibility index (Phi) is 4.45. The Balaban J connectivity index is 1.63. The van der Waals surface area contributed by atoms with E-state index in [2.05, 4.69) is 59.2 Å². The summed E-state index contributed by atoms with van der Waals surface area (Å²) in [5.41, 5.74) is 6.11. The molecule has 0 unspecified atom stereocenters. The van der Waals surface area contributed by atoms with E-state index in [1.54, 1.807) is 0 Å². The first kappa shape index (κ1) is 14.9. The quantitative estimate of drug-likeness (QED) is 0.909. The number of rotatable bonds is 3. The molecule has 23 heavy (non-hydrogen) atoms. The monoisotopic (exact) mass is 306 g/mol. The SMILES string of the molecule is c1ccc2c(c1)CCc1ccccc1C2CNC1CCNCC1. The number of benzene rings is 2. The van der Waals surface area contributed by atoms with Crippen LogP contribution < -0.4 is 10.6 Å². The van der Waals surface area contributed by atoms with Crippen LogP contribution in [0.3, 0.4) is 0 Å². The van der Waals surface area contributed by atoms with Crippen molar-refractivity contribution in [2.45, 2.75) is 37.6 Å². The van der Waals surface area contributed by atoms with Crippen LogP contribution >= 0.6 is 0 Å². The van der Waals surface area contributed by atoms with Crippen LogP contribution in [0.2, 0.25) is 0 Å². The van der Waals surface area contributed by atoms with E-state index >= 15 is 0 Å². The number of fused-ring (bicyclic) bond motifs is 2. The summed E-state index contributed by atoms with van der Waals surface area (Å²) in [5.74, 6) is 0.486. The summed E-state index contributed by atoms with van der Waals surface area (Å²) < 4.78 is 0. The Morgan fingerprint density at radius 1 is 0.826 bits per heavy atom. The van der Waals surface area contributed by atoms with Crippen molar-refractivity contribution in [1.82, 2.24) is 10.6 Å². The molecular weight excluding hydrogens is 280 g/mol. The van der Waals surface area contributed by atoms with Gasteiger partial charge in [0.25, 0.3) is 0 Å². The van der Waals surface area contributed by atoms with Gasteiger partial charge in [0.1, 0.15) is 0 Å². The molecule has 2 nitrogen and oxygen atoms in total. The van der Waals surface area contributed by atoms with Gasteiger partial charge < -0.3 is 10.6 Å². The third-order valence-electron chi connectivity index (χ3n) is 5.47. The third kappa shape index (κ3) is 3.19. The molecule has 0 spiro atoms. The van der Waals surface area contributed by atoms with E-state index in [0.29, 0.717) is 12.0 Å². The normalized spacial score (nSPS) is 19.0. The molecule has 120 valence electrons. The zero-order valence-corrected chi connectivity index (χ0v) is 13.7. The highest BCUT2D eigenvalue weighted by Gasteiger charge is 2.24. The molecule has 1 saturated heterocycles. The molecular formula is C21H26N2. The summed E-state index contributed by atoms with van der Waals surface area (Å²) in [6.07, 6.45) is 4.82. The van der Waals surface area contributed by atoms with Gasteiger partial charge in [-0.15, -0.1) is 0 Å². The Hall–Kier alpha value is -1.64. The zero-order valence-electron chi connectivity index (χ0n) is 13.7. The molecule has 4 rings (SSSR count). The highest BCUT2D eigenvalue weighted by atomic mass is 15.0. The van der Waals surface area contributed by atoms with Crippen molar-refractivity contribution in [3.8, 4) is 0 Å². The highest BCUT2D eigenvalue weighted by molar-refractivity contribution is 5.45. The zero-order chi connectivity index (χ0) is 15.5. The average molecular weight is 306 g/mol. The highest BCUT2D eigenvalue weighted by Crippen LogP contribution is 2.33. The summed E-state index contributed by atoms with van der Waals surface area (Å²) in [5, 5.41) is 7.31. The van der Waals surface area contributed by atoms with Crippen LogP contribution in [0.5, 0.6) is 0 Å². The number of aryl methyl sites for hydroxylation is 2. The van der Waals surface area contributed by atoms with Crippen molar-refractivity contribution in [2.75, 3.05) is 19.6 Å². The minimum absolute atomic E-state index is 0.486. The minimum Gasteiger partial charge on any atom is -0.317 e. The number of nitrogens with one attached hydrogen (secondary N) is 2. The molecule has 0 bridgehead atoms. The largest absolute Gasteiger partial charge is 0.317 e. The van der Waals surface area contributed by atoms with Gasteiger partial charge in [0.15, 0.2) is 0 Å². The molecule has 0 aromatic heterocycles. The van der Waals surface area contributed by atoms with Crippen molar-refractivity contribution in [1.29, 1.82) is 0 Å². The van der Waals surface area contributed by atoms with Crippen molar-refractivity contribution >= 4 is 0 Å². The van der Waals surface area contributed by atoms with Crippen LogP contribution in [0.15, 0.2) is 48.5 Å². The molecule has 2 aliphatic rings. The molecule has 0 radical (unpaired) electrons. The lowest BCUT2D eigenvalue weighted by atomic mass is 9.87. The lowest BCUT2D eigenvalue weighted by Crippen LogP contribution is -2.41. The van der Waals surface area contributed by atoms with E-state index in [1.165, 1.54) is 35.1 Å². The topological polar surface area (TPSA) is 24.1 Å². The Labute approximate surface area is 139 Å². The van der Waals surface area contributed by atoms with Gasteiger partial charge in [-0.05, 0) is 61.0 Å². The van der Waals surface area contributed by atoms with Gasteiger partial charge >= 0.3 is 0 Å². The predicted octanol–water partition coefficient (Wildman–Crippen LogP) is 3.26. The Morgan fingerprint density at radius 3 is 2.00 bits per heavy atom. The summed E-state index contributed by atoms with van der Waals surface area (Å²) in [4.78, 5) is 0. The van der Waals surface area contributed by atoms with Crippen LogP contribution in [-0.4, -0.2) is 25.7 Å². The van der Waals surface area contributed by atoms with Gasteiger partial charge in [-0.25, -0.2) is 0 Å². The van der Waals surface area contributed by atoms with E-state index in [9.17, 15) is 0 Å². The van der Waals surface area contributed by atoms with Crippen molar-refractivity contribution in [2.24, 2.45) is 0 Å². The van der Waals surface area contributed by atoms with E-state index in [4.69, 9.17) is 0 Å². The van der Waals surface area contributed by atoms with Crippen LogP contribution in [-0.2, 0) is 12.8 Å². The van der Waals surface area contributed by atoms with E-state index < -0.39 is 0 Å². The smallest absolute Gasteiger partial charge is 0.0220 e. The lowest BCUT2D eigenvalue weighted by Gasteiger charge is -2.27. The first-order valence-electron chi connectivity index (χ1n) is 9.01. The van der Waals surface area contributed by atoms with E-state index in [0.717, 1.165) is 32.5 Å². The van der Waals surface area contributed by atoms with Gasteiger partial charge in [-0.3, -0.25) is 0 Å². The molecule has 1 aliphatic carbocycles. The van der Waals surface area contributed by atoms with Crippen LogP contribution in [0.25, 0.3) is 0 Å². The molecule has 0 saturated carbocycles. The third-order valence-corrected chi connectivity index (χ3v) is 5.47. The molecule has 0 atom stereocenters. The van der Waals surface area contributed by atoms with Crippen molar-refractivity contribution in [3.05, 3.63) is 70.8 Å². The molecule has 2 aromatic carbocycles. The standard InChI is InChI=1S/C21H26N2/c1-3-7-19-16(5-1)9-10-17-6-2-4-8-20(17)21(19)15-23-18-11-13-22-14-12-18/h1-8,18,21-23H,9-15H2. The van der Waals surface area contributed by atoms with Crippen LogP contribution in [0, 0.1) is 0 Å². The molecule has 1 fully saturated rings. The summed E-state index contributed by atoms with van der Waals surface area (Å²) in [6, 6.07) is 18.8. The summed E-state index contributed by atoms with van der Waals surface area (Å²) in [6.45, 7) is 3.35. The fourth-order valence-electron chi connectivity index (χ4n) is 4.17. The molecule has 1 heterocycles. The Bertz CT molecular complexity index is 611. The van der Waals surface area contributed by atoms with Gasteiger partial charge in [0, 0.05) is 18.5 Å². The second kappa shape index (κ2) is 6.86. The molecule has 2 heteroatoms. The van der Waals surface area contributed by atoms with Crippen molar-refractivity contribution in [3.63, 3.8) is 0 Å². The average Bonchev–Trinajstić information content (AvgIpc) is 2.78. The van der Waals surface area contributed by atoms with E-state index in [-0.39, 0.29) is 0 Å². The number of hydrogen-bond acceptors (Lipinski definition) is 2. The maximum Gasteiger partial charge on any atom is 0.0220 e. The summed E-state index contributed by atoms with van der Waals surface area (Å²) in [7, 11) is 0. The van der Waals surface area contributed by atoms with E-state index in [1.807, 2.05) is 0 Å². The fourth-order valence-corrected chi connectivity index (χ4v) is 4.17. The van der Waals surface area contributed by atoms with Gasteiger partial charge in [0.05, 0.1) is 0 Å².